The average molecular weight is 158 g/mol. The number of hydrogen-bond acceptors (Lipinski definition) is 2. The van der Waals surface area contributed by atoms with Crippen molar-refractivity contribution in [2.24, 2.45) is 0 Å². The first kappa shape index (κ1) is 9.66. The molecular formula is C8H14OS. The summed E-state index contributed by atoms with van der Waals surface area (Å²) in [5.74, 6) is 0. The van der Waals surface area contributed by atoms with Crippen LogP contribution in [0.3, 0.4) is 0 Å². The predicted molar refractivity (Wildman–Crippen MR) is 46.3 cm³/mol. The third-order valence-electron chi connectivity index (χ3n) is 0.937. The second kappa shape index (κ2) is 8.66. The van der Waals surface area contributed by atoms with Gasteiger partial charge in [-0.15, -0.1) is 0 Å². The van der Waals surface area contributed by atoms with Gasteiger partial charge < -0.3 is 5.11 Å². The Morgan fingerprint density at radius 2 is 1.90 bits per heavy atom. The van der Waals surface area contributed by atoms with E-state index in [4.69, 9.17) is 5.11 Å². The molecule has 0 atom stereocenters. The van der Waals surface area contributed by atoms with Gasteiger partial charge in [0.1, 0.15) is 0 Å². The van der Waals surface area contributed by atoms with Gasteiger partial charge in [-0.25, -0.2) is 0 Å². The van der Waals surface area contributed by atoms with Crippen molar-refractivity contribution in [2.45, 2.75) is 19.8 Å². The zero-order valence-corrected chi connectivity index (χ0v) is 7.10. The smallest absolute Gasteiger partial charge is 0.0430 e. The van der Waals surface area contributed by atoms with E-state index in [2.05, 4.69) is 6.92 Å². The highest BCUT2D eigenvalue weighted by atomic mass is 32.1. The predicted octanol–water partition coefficient (Wildman–Crippen LogP) is 2.53. The summed E-state index contributed by atoms with van der Waals surface area (Å²) in [6.45, 7) is 2.40. The zero-order valence-electron chi connectivity index (χ0n) is 6.29. The van der Waals surface area contributed by atoms with Crippen LogP contribution in [0.25, 0.3) is 0 Å². The van der Waals surface area contributed by atoms with Crippen LogP contribution in [0, 0.1) is 0 Å². The highest BCUT2D eigenvalue weighted by Crippen LogP contribution is 1.91. The molecule has 0 saturated heterocycles. The van der Waals surface area contributed by atoms with E-state index in [-0.39, 0.29) is 0 Å². The van der Waals surface area contributed by atoms with Crippen LogP contribution in [0.5, 0.6) is 0 Å². The quantitative estimate of drug-likeness (QED) is 0.701. The van der Waals surface area contributed by atoms with E-state index in [0.29, 0.717) is 6.61 Å². The Hall–Kier alpha value is -0.340. The monoisotopic (exact) mass is 158 g/mol. The second-order valence-corrected chi connectivity index (χ2v) is 2.69. The van der Waals surface area contributed by atoms with Crippen LogP contribution < -0.4 is 0 Å². The second-order valence-electron chi connectivity index (χ2n) is 1.87. The summed E-state index contributed by atoms with van der Waals surface area (Å²) >= 11 is 1.71. The molecule has 0 aliphatic rings. The zero-order chi connectivity index (χ0) is 7.66. The molecule has 1 aromatic heterocycles. The highest BCUT2D eigenvalue weighted by molar-refractivity contribution is 7.07. The molecule has 0 spiro atoms. The van der Waals surface area contributed by atoms with Gasteiger partial charge in [0, 0.05) is 6.61 Å². The van der Waals surface area contributed by atoms with Crippen molar-refractivity contribution >= 4 is 11.3 Å². The molecule has 1 heterocycles. The number of aliphatic hydroxyl groups is 1. The van der Waals surface area contributed by atoms with E-state index in [1.807, 2.05) is 22.9 Å². The molecule has 0 fully saturated rings. The molecule has 0 amide bonds. The number of thiophene rings is 1. The minimum atomic E-state index is 0.344. The Balaban J connectivity index is 0.000000162. The van der Waals surface area contributed by atoms with Gasteiger partial charge in [0.05, 0.1) is 0 Å². The van der Waals surface area contributed by atoms with Crippen LogP contribution in [0.1, 0.15) is 19.8 Å². The normalized spacial score (nSPS) is 8.20. The van der Waals surface area contributed by atoms with Crippen LogP contribution in [0.15, 0.2) is 22.9 Å². The lowest BCUT2D eigenvalue weighted by Crippen LogP contribution is -1.75. The van der Waals surface area contributed by atoms with Gasteiger partial charge in [-0.1, -0.05) is 25.5 Å². The molecule has 0 bridgehead atoms. The van der Waals surface area contributed by atoms with Crippen molar-refractivity contribution in [3.63, 3.8) is 0 Å². The SMILES string of the molecule is CCCCO.c1ccsc1. The van der Waals surface area contributed by atoms with Crippen molar-refractivity contribution in [3.8, 4) is 0 Å². The average Bonchev–Trinajstić information content (AvgIpc) is 2.44. The summed E-state index contributed by atoms with van der Waals surface area (Å²) in [5.41, 5.74) is 0. The van der Waals surface area contributed by atoms with Crippen LogP contribution in [-0.4, -0.2) is 11.7 Å². The fourth-order valence-electron chi connectivity index (χ4n) is 0.385. The van der Waals surface area contributed by atoms with Crippen LogP contribution in [0.4, 0.5) is 0 Å². The number of hydrogen-bond donors (Lipinski definition) is 1. The molecular weight excluding hydrogens is 144 g/mol. The van der Waals surface area contributed by atoms with Crippen LogP contribution in [0.2, 0.25) is 0 Å². The Morgan fingerprint density at radius 3 is 2.00 bits per heavy atom. The molecule has 58 valence electrons. The Labute approximate surface area is 66.3 Å². The first-order chi connectivity index (χ1) is 4.91. The van der Waals surface area contributed by atoms with Crippen molar-refractivity contribution in [3.05, 3.63) is 22.9 Å². The Morgan fingerprint density at radius 1 is 1.30 bits per heavy atom. The number of unbranched alkanes of at least 4 members (excludes halogenated alkanes) is 1. The summed E-state index contributed by atoms with van der Waals surface area (Å²) in [6, 6.07) is 4.04. The molecule has 10 heavy (non-hydrogen) atoms. The van der Waals surface area contributed by atoms with E-state index in [9.17, 15) is 0 Å². The number of aliphatic hydroxyl groups excluding tert-OH is 1. The molecule has 0 aromatic carbocycles. The summed E-state index contributed by atoms with van der Waals surface area (Å²) in [6.07, 6.45) is 2.04. The molecule has 2 heteroatoms. The summed E-state index contributed by atoms with van der Waals surface area (Å²) < 4.78 is 0. The van der Waals surface area contributed by atoms with Crippen molar-refractivity contribution < 1.29 is 5.11 Å². The summed E-state index contributed by atoms with van der Waals surface area (Å²) in [7, 11) is 0. The van der Waals surface area contributed by atoms with Gasteiger partial charge in [0.2, 0.25) is 0 Å². The summed E-state index contributed by atoms with van der Waals surface area (Å²) in [5, 5.41) is 12.1. The maximum atomic E-state index is 8.07. The molecule has 1 rings (SSSR count). The Kier molecular flexibility index (Phi) is 8.37. The molecule has 0 saturated carbocycles. The fourth-order valence-corrected chi connectivity index (χ4v) is 0.839. The van der Waals surface area contributed by atoms with E-state index in [0.717, 1.165) is 12.8 Å². The minimum Gasteiger partial charge on any atom is -0.396 e. The third kappa shape index (κ3) is 7.66. The maximum absolute atomic E-state index is 8.07. The third-order valence-corrected chi connectivity index (χ3v) is 1.57. The van der Waals surface area contributed by atoms with Crippen LogP contribution >= 0.6 is 11.3 Å². The lowest BCUT2D eigenvalue weighted by atomic mass is 10.4. The van der Waals surface area contributed by atoms with Gasteiger partial charge >= 0.3 is 0 Å². The lowest BCUT2D eigenvalue weighted by molar-refractivity contribution is 0.287. The van der Waals surface area contributed by atoms with E-state index < -0.39 is 0 Å². The van der Waals surface area contributed by atoms with Gasteiger partial charge in [0.25, 0.3) is 0 Å². The molecule has 0 radical (unpaired) electrons. The molecule has 0 unspecified atom stereocenters. The number of rotatable bonds is 2. The summed E-state index contributed by atoms with van der Waals surface area (Å²) in [4.78, 5) is 0. The van der Waals surface area contributed by atoms with E-state index in [1.165, 1.54) is 0 Å². The van der Waals surface area contributed by atoms with Gasteiger partial charge in [-0.3, -0.25) is 0 Å². The largest absolute Gasteiger partial charge is 0.396 e. The van der Waals surface area contributed by atoms with Crippen LogP contribution in [-0.2, 0) is 0 Å². The lowest BCUT2D eigenvalue weighted by Gasteiger charge is -1.79. The molecule has 1 nitrogen and oxygen atoms in total. The van der Waals surface area contributed by atoms with Gasteiger partial charge in [-0.05, 0) is 17.2 Å². The molecule has 0 aliphatic carbocycles. The van der Waals surface area contributed by atoms with E-state index in [1.54, 1.807) is 11.3 Å². The standard InChI is InChI=1S/C4H10O.C4H4S/c1-2-3-4-5;1-2-4-5-3-1/h5H,2-4H2,1H3;1-4H. The Bertz CT molecular complexity index is 95.6. The first-order valence-electron chi connectivity index (χ1n) is 3.49. The fraction of sp³-hybridized carbons (Fsp3) is 0.500. The molecule has 0 aliphatic heterocycles. The van der Waals surface area contributed by atoms with E-state index >= 15 is 0 Å². The van der Waals surface area contributed by atoms with Crippen molar-refractivity contribution in [2.75, 3.05) is 6.61 Å². The van der Waals surface area contributed by atoms with Crippen molar-refractivity contribution in [1.82, 2.24) is 0 Å². The topological polar surface area (TPSA) is 20.2 Å². The molecule has 1 aromatic rings. The maximum Gasteiger partial charge on any atom is 0.0430 e. The van der Waals surface area contributed by atoms with Crippen molar-refractivity contribution in [1.29, 1.82) is 0 Å². The molecule has 1 N–H and O–H groups in total. The highest BCUT2D eigenvalue weighted by Gasteiger charge is 1.69. The minimum absolute atomic E-state index is 0.344. The van der Waals surface area contributed by atoms with Gasteiger partial charge in [-0.2, -0.15) is 11.3 Å². The van der Waals surface area contributed by atoms with Gasteiger partial charge in [0.15, 0.2) is 0 Å². The first-order valence-corrected chi connectivity index (χ1v) is 4.44.